The first-order valence-electron chi connectivity index (χ1n) is 8.33. The lowest BCUT2D eigenvalue weighted by Gasteiger charge is -2.06. The maximum atomic E-state index is 12.2. The maximum absolute atomic E-state index is 12.2. The monoisotopic (exact) mass is 462 g/mol. The van der Waals surface area contributed by atoms with Gasteiger partial charge < -0.3 is 14.8 Å². The van der Waals surface area contributed by atoms with Gasteiger partial charge in [0.2, 0.25) is 11.1 Å². The average Bonchev–Trinajstić information content (AvgIpc) is 3.18. The zero-order valence-corrected chi connectivity index (χ0v) is 18.0. The Hall–Kier alpha value is -2.52. The van der Waals surface area contributed by atoms with Gasteiger partial charge in [0.05, 0.1) is 20.0 Å². The molecule has 7 nitrogen and oxygen atoms in total. The molecule has 146 valence electrons. The van der Waals surface area contributed by atoms with Crippen LogP contribution in [0.3, 0.4) is 0 Å². The number of benzene rings is 2. The smallest absolute Gasteiger partial charge is 0.234 e. The van der Waals surface area contributed by atoms with Gasteiger partial charge >= 0.3 is 0 Å². The van der Waals surface area contributed by atoms with E-state index in [1.54, 1.807) is 20.3 Å². The topological polar surface area (TPSA) is 89.1 Å². The van der Waals surface area contributed by atoms with Gasteiger partial charge in [0.15, 0.2) is 5.82 Å². The summed E-state index contributed by atoms with van der Waals surface area (Å²) in [4.78, 5) is 16.6. The number of hydrogen-bond acceptors (Lipinski definition) is 6. The highest BCUT2D eigenvalue weighted by atomic mass is 79.9. The molecule has 1 amide bonds. The molecule has 1 aromatic heterocycles. The van der Waals surface area contributed by atoms with Crippen molar-refractivity contribution >= 4 is 39.3 Å². The number of halogens is 1. The van der Waals surface area contributed by atoms with E-state index in [9.17, 15) is 4.79 Å². The summed E-state index contributed by atoms with van der Waals surface area (Å²) in [5.74, 6) is 1.96. The molecule has 0 saturated heterocycles. The van der Waals surface area contributed by atoms with Crippen molar-refractivity contribution in [2.75, 3.05) is 25.3 Å². The molecule has 1 heterocycles. The minimum Gasteiger partial charge on any atom is -0.497 e. The van der Waals surface area contributed by atoms with E-state index in [4.69, 9.17) is 9.47 Å². The van der Waals surface area contributed by atoms with E-state index in [1.807, 2.05) is 37.3 Å². The Balaban J connectivity index is 1.63. The lowest BCUT2D eigenvalue weighted by molar-refractivity contribution is -0.113. The highest BCUT2D eigenvalue weighted by Crippen LogP contribution is 2.28. The van der Waals surface area contributed by atoms with Gasteiger partial charge in [-0.05, 0) is 42.8 Å². The predicted molar refractivity (Wildman–Crippen MR) is 113 cm³/mol. The first kappa shape index (κ1) is 20.2. The Bertz CT molecular complexity index is 971. The average molecular weight is 463 g/mol. The van der Waals surface area contributed by atoms with Crippen molar-refractivity contribution in [3.05, 3.63) is 46.4 Å². The van der Waals surface area contributed by atoms with E-state index < -0.39 is 0 Å². The van der Waals surface area contributed by atoms with Gasteiger partial charge in [-0.3, -0.25) is 9.89 Å². The van der Waals surface area contributed by atoms with Gasteiger partial charge in [0.1, 0.15) is 11.5 Å². The van der Waals surface area contributed by atoms with Crippen LogP contribution in [0.4, 0.5) is 5.69 Å². The number of amides is 1. The summed E-state index contributed by atoms with van der Waals surface area (Å²) in [5, 5.41) is 10.4. The minimum absolute atomic E-state index is 0.124. The standard InChI is InChI=1S/C19H19BrN4O3S/c1-11-6-13(4-5-16(11)20)21-17(25)10-28-19-22-18(23-24-19)12-7-14(26-2)9-15(8-12)27-3/h4-9H,10H2,1-3H3,(H,21,25)(H,22,23,24). The number of nitrogens with zero attached hydrogens (tertiary/aromatic N) is 2. The van der Waals surface area contributed by atoms with E-state index in [0.29, 0.717) is 22.5 Å². The van der Waals surface area contributed by atoms with Crippen LogP contribution in [0.2, 0.25) is 0 Å². The lowest BCUT2D eigenvalue weighted by atomic mass is 10.2. The number of thioether (sulfide) groups is 1. The van der Waals surface area contributed by atoms with Crippen molar-refractivity contribution in [2.45, 2.75) is 12.1 Å². The van der Waals surface area contributed by atoms with Crippen LogP contribution in [0.5, 0.6) is 11.5 Å². The van der Waals surface area contributed by atoms with Gasteiger partial charge in [-0.1, -0.05) is 27.7 Å². The number of methoxy groups -OCH3 is 2. The summed E-state index contributed by atoms with van der Waals surface area (Å²) < 4.78 is 11.5. The molecule has 0 aliphatic heterocycles. The number of anilines is 1. The number of aromatic amines is 1. The van der Waals surface area contributed by atoms with Gasteiger partial charge in [-0.15, -0.1) is 5.10 Å². The summed E-state index contributed by atoms with van der Waals surface area (Å²) in [7, 11) is 3.18. The molecule has 0 spiro atoms. The van der Waals surface area contributed by atoms with Crippen LogP contribution in [0.1, 0.15) is 5.56 Å². The first-order chi connectivity index (χ1) is 13.5. The fourth-order valence-electron chi connectivity index (χ4n) is 2.43. The second kappa shape index (κ2) is 9.11. The fourth-order valence-corrected chi connectivity index (χ4v) is 3.28. The van der Waals surface area contributed by atoms with E-state index in [2.05, 4.69) is 36.4 Å². The molecule has 0 aliphatic carbocycles. The van der Waals surface area contributed by atoms with Crippen LogP contribution in [0, 0.1) is 6.92 Å². The molecule has 0 saturated carbocycles. The number of rotatable bonds is 7. The fraction of sp³-hybridized carbons (Fsp3) is 0.211. The van der Waals surface area contributed by atoms with E-state index in [0.717, 1.165) is 21.3 Å². The molecule has 0 fully saturated rings. The highest BCUT2D eigenvalue weighted by Gasteiger charge is 2.12. The molecule has 2 aromatic carbocycles. The third-order valence-corrected chi connectivity index (χ3v) is 5.60. The van der Waals surface area contributed by atoms with Crippen LogP contribution >= 0.6 is 27.7 Å². The van der Waals surface area contributed by atoms with Crippen molar-refractivity contribution < 1.29 is 14.3 Å². The third kappa shape index (κ3) is 5.05. The second-order valence-electron chi connectivity index (χ2n) is 5.87. The Morgan fingerprint density at radius 3 is 2.54 bits per heavy atom. The van der Waals surface area contributed by atoms with Crippen LogP contribution in [-0.4, -0.2) is 41.1 Å². The predicted octanol–water partition coefficient (Wildman–Crippen LogP) is 4.29. The molecular formula is C19H19BrN4O3S. The lowest BCUT2D eigenvalue weighted by Crippen LogP contribution is -2.14. The molecule has 0 radical (unpaired) electrons. The summed E-state index contributed by atoms with van der Waals surface area (Å²) in [5.41, 5.74) is 2.59. The van der Waals surface area contributed by atoms with Crippen LogP contribution in [0.25, 0.3) is 11.4 Å². The first-order valence-corrected chi connectivity index (χ1v) is 10.1. The normalized spacial score (nSPS) is 10.6. The number of aryl methyl sites for hydroxylation is 1. The zero-order valence-electron chi connectivity index (χ0n) is 15.6. The number of carbonyl (C=O) groups is 1. The van der Waals surface area contributed by atoms with Crippen LogP contribution in [-0.2, 0) is 4.79 Å². The van der Waals surface area contributed by atoms with Gasteiger partial charge in [0, 0.05) is 21.8 Å². The van der Waals surface area contributed by atoms with Crippen molar-refractivity contribution in [1.82, 2.24) is 15.2 Å². The zero-order chi connectivity index (χ0) is 20.1. The van der Waals surface area contributed by atoms with Gasteiger partial charge in [0.25, 0.3) is 0 Å². The molecule has 0 aliphatic rings. The molecule has 3 rings (SSSR count). The molecular weight excluding hydrogens is 444 g/mol. The number of H-pyrrole nitrogens is 1. The van der Waals surface area contributed by atoms with Crippen molar-refractivity contribution in [3.8, 4) is 22.9 Å². The molecule has 0 bridgehead atoms. The minimum atomic E-state index is -0.124. The van der Waals surface area contributed by atoms with Gasteiger partial charge in [-0.2, -0.15) is 0 Å². The molecule has 9 heteroatoms. The number of carbonyl (C=O) groups excluding carboxylic acids is 1. The van der Waals surface area contributed by atoms with Crippen molar-refractivity contribution in [2.24, 2.45) is 0 Å². The second-order valence-corrected chi connectivity index (χ2v) is 7.67. The summed E-state index contributed by atoms with van der Waals surface area (Å²) >= 11 is 4.70. The summed E-state index contributed by atoms with van der Waals surface area (Å²) in [6.45, 7) is 1.97. The Kier molecular flexibility index (Phi) is 6.58. The number of hydrogen-bond donors (Lipinski definition) is 2. The van der Waals surface area contributed by atoms with E-state index in [1.165, 1.54) is 11.8 Å². The number of aromatic nitrogens is 3. The number of ether oxygens (including phenoxy) is 2. The SMILES string of the molecule is COc1cc(OC)cc(-c2nc(SCC(=O)Nc3ccc(Br)c(C)c3)n[nH]2)c1. The molecule has 3 aromatic rings. The van der Waals surface area contributed by atoms with E-state index in [-0.39, 0.29) is 11.7 Å². The quantitative estimate of drug-likeness (QED) is 0.509. The maximum Gasteiger partial charge on any atom is 0.234 e. The van der Waals surface area contributed by atoms with Crippen LogP contribution < -0.4 is 14.8 Å². The third-order valence-electron chi connectivity index (χ3n) is 3.86. The summed E-state index contributed by atoms with van der Waals surface area (Å²) in [6.07, 6.45) is 0. The summed E-state index contributed by atoms with van der Waals surface area (Å²) in [6, 6.07) is 11.1. The highest BCUT2D eigenvalue weighted by molar-refractivity contribution is 9.10. The van der Waals surface area contributed by atoms with Crippen molar-refractivity contribution in [1.29, 1.82) is 0 Å². The molecule has 0 unspecified atom stereocenters. The molecule has 2 N–H and O–H groups in total. The largest absolute Gasteiger partial charge is 0.497 e. The Morgan fingerprint density at radius 2 is 1.89 bits per heavy atom. The molecule has 0 atom stereocenters. The van der Waals surface area contributed by atoms with Gasteiger partial charge in [-0.25, -0.2) is 4.98 Å². The van der Waals surface area contributed by atoms with Crippen molar-refractivity contribution in [3.63, 3.8) is 0 Å². The Labute approximate surface area is 175 Å². The van der Waals surface area contributed by atoms with E-state index >= 15 is 0 Å². The van der Waals surface area contributed by atoms with Crippen LogP contribution in [0.15, 0.2) is 46.0 Å². The Morgan fingerprint density at radius 1 is 1.18 bits per heavy atom. The number of nitrogens with one attached hydrogen (secondary N) is 2. The molecule has 28 heavy (non-hydrogen) atoms.